The van der Waals surface area contributed by atoms with Crippen LogP contribution < -0.4 is 5.32 Å². The fourth-order valence-corrected chi connectivity index (χ4v) is 2.32. The number of nitrogens with one attached hydrogen (secondary N) is 1. The Morgan fingerprint density at radius 3 is 3.36 bits per heavy atom. The van der Waals surface area contributed by atoms with Gasteiger partial charge in [0.1, 0.15) is 0 Å². The molecule has 1 heteroatoms. The summed E-state index contributed by atoms with van der Waals surface area (Å²) in [5.74, 6) is 0.951. The van der Waals surface area contributed by atoms with Gasteiger partial charge in [0.2, 0.25) is 0 Å². The van der Waals surface area contributed by atoms with Gasteiger partial charge in [0.05, 0.1) is 0 Å². The van der Waals surface area contributed by atoms with Crippen molar-refractivity contribution in [1.29, 1.82) is 0 Å². The summed E-state index contributed by atoms with van der Waals surface area (Å²) in [6, 6.07) is 0.814. The molecule has 2 atom stereocenters. The van der Waals surface area contributed by atoms with Crippen LogP contribution in [0.4, 0.5) is 0 Å². The van der Waals surface area contributed by atoms with Gasteiger partial charge in [-0.3, -0.25) is 0 Å². The van der Waals surface area contributed by atoms with Crippen LogP contribution in [0, 0.1) is 5.92 Å². The molecule has 0 spiro atoms. The average molecular weight is 151 g/mol. The van der Waals surface area contributed by atoms with Crippen molar-refractivity contribution in [1.82, 2.24) is 5.32 Å². The molecule has 11 heavy (non-hydrogen) atoms. The predicted octanol–water partition coefficient (Wildman–Crippen LogP) is 2.09. The molecular weight excluding hydrogens is 134 g/mol. The summed E-state index contributed by atoms with van der Waals surface area (Å²) in [7, 11) is 0. The monoisotopic (exact) mass is 151 g/mol. The first kappa shape index (κ1) is 7.35. The minimum Gasteiger partial charge on any atom is -0.313 e. The quantitative estimate of drug-likeness (QED) is 0.523. The van der Waals surface area contributed by atoms with Crippen LogP contribution in [-0.4, -0.2) is 12.6 Å². The summed E-state index contributed by atoms with van der Waals surface area (Å²) in [5, 5.41) is 3.61. The van der Waals surface area contributed by atoms with Crippen LogP contribution in [0.25, 0.3) is 0 Å². The van der Waals surface area contributed by atoms with Gasteiger partial charge in [-0.2, -0.15) is 0 Å². The van der Waals surface area contributed by atoms with E-state index in [0.717, 1.165) is 12.0 Å². The molecule has 62 valence electrons. The first-order valence-corrected chi connectivity index (χ1v) is 4.75. The number of piperidine rings is 1. The standard InChI is InChI=1S/C10H17N/c1-8-4-5-9-3-2-6-11-10(9)7-8/h4,9-11H,2-3,5-7H2,1H3. The Morgan fingerprint density at radius 1 is 1.55 bits per heavy atom. The largest absolute Gasteiger partial charge is 0.313 e. The molecule has 0 aromatic carbocycles. The fraction of sp³-hybridized carbons (Fsp3) is 0.800. The third-order valence-electron chi connectivity index (χ3n) is 3.04. The van der Waals surface area contributed by atoms with Gasteiger partial charge in [0.15, 0.2) is 0 Å². The maximum atomic E-state index is 3.61. The highest BCUT2D eigenvalue weighted by atomic mass is 14.9. The topological polar surface area (TPSA) is 12.0 Å². The van der Waals surface area contributed by atoms with E-state index >= 15 is 0 Å². The van der Waals surface area contributed by atoms with E-state index in [1.165, 1.54) is 32.2 Å². The van der Waals surface area contributed by atoms with Gasteiger partial charge in [-0.15, -0.1) is 0 Å². The molecule has 0 radical (unpaired) electrons. The van der Waals surface area contributed by atoms with Crippen molar-refractivity contribution in [2.75, 3.05) is 6.54 Å². The van der Waals surface area contributed by atoms with Crippen LogP contribution in [0.3, 0.4) is 0 Å². The molecule has 0 aromatic heterocycles. The molecule has 1 fully saturated rings. The van der Waals surface area contributed by atoms with E-state index in [0.29, 0.717) is 0 Å². The van der Waals surface area contributed by atoms with Gasteiger partial charge in [-0.1, -0.05) is 11.6 Å². The van der Waals surface area contributed by atoms with Gasteiger partial charge in [0.25, 0.3) is 0 Å². The second-order valence-electron chi connectivity index (χ2n) is 3.95. The zero-order valence-corrected chi connectivity index (χ0v) is 7.27. The van der Waals surface area contributed by atoms with Crippen LogP contribution in [0.2, 0.25) is 0 Å². The van der Waals surface area contributed by atoms with Crippen molar-refractivity contribution < 1.29 is 0 Å². The summed E-state index contributed by atoms with van der Waals surface area (Å²) in [4.78, 5) is 0. The Bertz CT molecular complexity index is 172. The maximum Gasteiger partial charge on any atom is 0.0135 e. The molecule has 2 unspecified atom stereocenters. The first-order chi connectivity index (χ1) is 5.36. The van der Waals surface area contributed by atoms with Gasteiger partial charge in [0, 0.05) is 6.04 Å². The molecule has 1 saturated heterocycles. The average Bonchev–Trinajstić information content (AvgIpc) is 2.04. The van der Waals surface area contributed by atoms with Crippen molar-refractivity contribution in [2.45, 2.75) is 38.6 Å². The fourth-order valence-electron chi connectivity index (χ4n) is 2.32. The lowest BCUT2D eigenvalue weighted by Gasteiger charge is -2.35. The molecule has 2 rings (SSSR count). The van der Waals surface area contributed by atoms with E-state index < -0.39 is 0 Å². The zero-order chi connectivity index (χ0) is 7.68. The second kappa shape index (κ2) is 2.98. The van der Waals surface area contributed by atoms with Crippen molar-refractivity contribution in [3.05, 3.63) is 11.6 Å². The van der Waals surface area contributed by atoms with Crippen LogP contribution >= 0.6 is 0 Å². The minimum absolute atomic E-state index is 0.814. The number of rotatable bonds is 0. The van der Waals surface area contributed by atoms with Crippen LogP contribution in [0.1, 0.15) is 32.6 Å². The van der Waals surface area contributed by atoms with Crippen molar-refractivity contribution in [3.63, 3.8) is 0 Å². The highest BCUT2D eigenvalue weighted by molar-refractivity contribution is 5.08. The maximum absolute atomic E-state index is 3.61. The number of fused-ring (bicyclic) bond motifs is 1. The molecule has 2 aliphatic rings. The Morgan fingerprint density at radius 2 is 2.45 bits per heavy atom. The van der Waals surface area contributed by atoms with E-state index in [4.69, 9.17) is 0 Å². The summed E-state index contributed by atoms with van der Waals surface area (Å²) in [6.07, 6.45) is 7.87. The third kappa shape index (κ3) is 1.48. The molecule has 0 amide bonds. The molecule has 0 saturated carbocycles. The molecule has 1 N–H and O–H groups in total. The van der Waals surface area contributed by atoms with Crippen LogP contribution in [0.15, 0.2) is 11.6 Å². The lowest BCUT2D eigenvalue weighted by Crippen LogP contribution is -2.42. The highest BCUT2D eigenvalue weighted by Gasteiger charge is 2.26. The molecule has 1 aliphatic heterocycles. The lowest BCUT2D eigenvalue weighted by atomic mass is 9.80. The molecule has 1 aliphatic carbocycles. The lowest BCUT2D eigenvalue weighted by molar-refractivity contribution is 0.269. The van der Waals surface area contributed by atoms with E-state index in [1.54, 1.807) is 5.57 Å². The van der Waals surface area contributed by atoms with E-state index in [9.17, 15) is 0 Å². The zero-order valence-electron chi connectivity index (χ0n) is 7.27. The smallest absolute Gasteiger partial charge is 0.0135 e. The predicted molar refractivity (Wildman–Crippen MR) is 47.5 cm³/mol. The normalized spacial score (nSPS) is 37.7. The number of allylic oxidation sites excluding steroid dienone is 1. The molecule has 1 nitrogen and oxygen atoms in total. The Labute approximate surface area is 68.9 Å². The number of hydrogen-bond donors (Lipinski definition) is 1. The number of hydrogen-bond acceptors (Lipinski definition) is 1. The van der Waals surface area contributed by atoms with Gasteiger partial charge in [-0.05, 0) is 45.1 Å². The van der Waals surface area contributed by atoms with Crippen LogP contribution in [-0.2, 0) is 0 Å². The molecule has 1 heterocycles. The molecule has 0 aromatic rings. The first-order valence-electron chi connectivity index (χ1n) is 4.75. The minimum atomic E-state index is 0.814. The van der Waals surface area contributed by atoms with Crippen LogP contribution in [0.5, 0.6) is 0 Å². The van der Waals surface area contributed by atoms with Crippen molar-refractivity contribution in [2.24, 2.45) is 5.92 Å². The van der Waals surface area contributed by atoms with Gasteiger partial charge < -0.3 is 5.32 Å². The van der Waals surface area contributed by atoms with E-state index in [-0.39, 0.29) is 0 Å². The summed E-state index contributed by atoms with van der Waals surface area (Å²) >= 11 is 0. The Balaban J connectivity index is 2.04. The summed E-state index contributed by atoms with van der Waals surface area (Å²) in [6.45, 7) is 3.50. The summed E-state index contributed by atoms with van der Waals surface area (Å²) < 4.78 is 0. The molecule has 0 bridgehead atoms. The SMILES string of the molecule is CC1=CCC2CCCNC2C1. The Hall–Kier alpha value is -0.300. The van der Waals surface area contributed by atoms with Gasteiger partial charge >= 0.3 is 0 Å². The van der Waals surface area contributed by atoms with E-state index in [2.05, 4.69) is 18.3 Å². The molecular formula is C10H17N. The van der Waals surface area contributed by atoms with Crippen molar-refractivity contribution in [3.8, 4) is 0 Å². The Kier molecular flexibility index (Phi) is 1.99. The third-order valence-corrected chi connectivity index (χ3v) is 3.04. The van der Waals surface area contributed by atoms with Crippen molar-refractivity contribution >= 4 is 0 Å². The van der Waals surface area contributed by atoms with Gasteiger partial charge in [-0.25, -0.2) is 0 Å². The second-order valence-corrected chi connectivity index (χ2v) is 3.95. The summed E-state index contributed by atoms with van der Waals surface area (Å²) in [5.41, 5.74) is 1.58. The highest BCUT2D eigenvalue weighted by Crippen LogP contribution is 2.29. The van der Waals surface area contributed by atoms with E-state index in [1.807, 2.05) is 0 Å².